The van der Waals surface area contributed by atoms with Crippen molar-refractivity contribution in [2.24, 2.45) is 0 Å². The van der Waals surface area contributed by atoms with Gasteiger partial charge in [-0.05, 0) is 39.2 Å². The molecule has 2 saturated heterocycles. The van der Waals surface area contributed by atoms with E-state index in [0.29, 0.717) is 39.1 Å². The maximum atomic E-state index is 13.6. The Morgan fingerprint density at radius 3 is 2.53 bits per heavy atom. The quantitative estimate of drug-likeness (QED) is 0.688. The van der Waals surface area contributed by atoms with E-state index in [0.717, 1.165) is 18.7 Å². The molecule has 1 N–H and O–H groups in total. The van der Waals surface area contributed by atoms with Gasteiger partial charge >= 0.3 is 6.09 Å². The Labute approximate surface area is 191 Å². The number of nitrogens with one attached hydrogen (secondary N) is 1. The fourth-order valence-corrected chi connectivity index (χ4v) is 4.51. The van der Waals surface area contributed by atoms with Gasteiger partial charge in [-0.3, -0.25) is 14.6 Å². The lowest BCUT2D eigenvalue weighted by Gasteiger charge is -2.38. The van der Waals surface area contributed by atoms with E-state index in [2.05, 4.69) is 28.3 Å². The Bertz CT molecular complexity index is 824. The largest absolute Gasteiger partial charge is 0.444 e. The molecule has 1 aromatic carbocycles. The average Bonchev–Trinajstić information content (AvgIpc) is 3.19. The summed E-state index contributed by atoms with van der Waals surface area (Å²) in [5.41, 5.74) is -0.591. The first-order valence-electron chi connectivity index (χ1n) is 11.4. The van der Waals surface area contributed by atoms with Crippen molar-refractivity contribution in [1.82, 2.24) is 15.1 Å². The van der Waals surface area contributed by atoms with E-state index in [9.17, 15) is 9.59 Å². The van der Waals surface area contributed by atoms with Gasteiger partial charge in [0.25, 0.3) is 0 Å². The topological polar surface area (TPSA) is 71.1 Å². The molecule has 3 rings (SSSR count). The molecule has 7 heteroatoms. The van der Waals surface area contributed by atoms with E-state index < -0.39 is 17.2 Å². The summed E-state index contributed by atoms with van der Waals surface area (Å²) >= 11 is 0. The Hall–Kier alpha value is -2.56. The third-order valence-electron chi connectivity index (χ3n) is 6.05. The molecule has 0 aliphatic carbocycles. The van der Waals surface area contributed by atoms with Crippen molar-refractivity contribution >= 4 is 12.0 Å². The third-order valence-corrected chi connectivity index (χ3v) is 6.05. The predicted octanol–water partition coefficient (Wildman–Crippen LogP) is 2.97. The number of carbonyl (C=O) groups is 2. The summed E-state index contributed by atoms with van der Waals surface area (Å²) in [5, 5.41) is 3.13. The molecule has 2 atom stereocenters. The van der Waals surface area contributed by atoms with Crippen LogP contribution in [-0.4, -0.2) is 72.3 Å². The van der Waals surface area contributed by atoms with Gasteiger partial charge in [0.05, 0.1) is 19.3 Å². The minimum absolute atomic E-state index is 0.0170. The first-order valence-corrected chi connectivity index (χ1v) is 11.4. The van der Waals surface area contributed by atoms with Crippen molar-refractivity contribution in [2.75, 3.05) is 39.4 Å². The highest BCUT2D eigenvalue weighted by atomic mass is 16.6. The summed E-state index contributed by atoms with van der Waals surface area (Å²) in [6, 6.07) is 10.2. The SMILES string of the molecule is C#CC[C@]1(C(=O)NC[C@H](c2ccccc2)N2CCOCC2)CCCN1C(=O)OC(C)(C)C. The van der Waals surface area contributed by atoms with Crippen LogP contribution in [-0.2, 0) is 14.3 Å². The number of rotatable bonds is 6. The van der Waals surface area contributed by atoms with Gasteiger partial charge in [-0.1, -0.05) is 30.3 Å². The molecule has 174 valence electrons. The molecule has 2 heterocycles. The minimum Gasteiger partial charge on any atom is -0.444 e. The smallest absolute Gasteiger partial charge is 0.411 e. The van der Waals surface area contributed by atoms with Gasteiger partial charge in [0.15, 0.2) is 0 Å². The highest BCUT2D eigenvalue weighted by Crippen LogP contribution is 2.34. The molecule has 0 spiro atoms. The second kappa shape index (κ2) is 10.4. The van der Waals surface area contributed by atoms with Crippen molar-refractivity contribution in [3.05, 3.63) is 35.9 Å². The summed E-state index contributed by atoms with van der Waals surface area (Å²) in [7, 11) is 0. The zero-order valence-corrected chi connectivity index (χ0v) is 19.4. The molecule has 32 heavy (non-hydrogen) atoms. The molecule has 0 unspecified atom stereocenters. The summed E-state index contributed by atoms with van der Waals surface area (Å²) in [5.74, 6) is 2.41. The minimum atomic E-state index is -1.08. The molecule has 2 amide bonds. The van der Waals surface area contributed by atoms with E-state index in [1.165, 1.54) is 4.90 Å². The Kier molecular flexibility index (Phi) is 7.81. The predicted molar refractivity (Wildman–Crippen MR) is 123 cm³/mol. The number of benzene rings is 1. The van der Waals surface area contributed by atoms with Crippen molar-refractivity contribution in [1.29, 1.82) is 0 Å². The number of ether oxygens (including phenoxy) is 2. The normalized spacial score (nSPS) is 22.8. The van der Waals surface area contributed by atoms with Crippen LogP contribution in [0.5, 0.6) is 0 Å². The lowest BCUT2D eigenvalue weighted by atomic mass is 9.91. The molecular weight excluding hydrogens is 406 g/mol. The number of morpholine rings is 1. The lowest BCUT2D eigenvalue weighted by molar-refractivity contribution is -0.132. The zero-order chi connectivity index (χ0) is 23.2. The molecule has 1 aromatic rings. The number of likely N-dealkylation sites (tertiary alicyclic amines) is 1. The van der Waals surface area contributed by atoms with E-state index in [4.69, 9.17) is 15.9 Å². The first-order chi connectivity index (χ1) is 15.3. The maximum Gasteiger partial charge on any atom is 0.411 e. The highest BCUT2D eigenvalue weighted by molar-refractivity contribution is 5.91. The van der Waals surface area contributed by atoms with Crippen LogP contribution in [0.15, 0.2) is 30.3 Å². The Morgan fingerprint density at radius 2 is 1.91 bits per heavy atom. The standard InChI is InChI=1S/C25H35N3O4/c1-5-12-25(13-9-14-28(25)23(30)32-24(2,3)4)22(29)26-19-21(20-10-7-6-8-11-20)27-15-17-31-18-16-27/h1,6-8,10-11,21H,9,12-19H2,2-4H3,(H,26,29)/t21-,25-/m1/s1. The van der Waals surface area contributed by atoms with Crippen molar-refractivity contribution in [3.8, 4) is 12.3 Å². The first kappa shape index (κ1) is 24.1. The van der Waals surface area contributed by atoms with Crippen LogP contribution >= 0.6 is 0 Å². The van der Waals surface area contributed by atoms with E-state index in [1.807, 2.05) is 39.0 Å². The molecule has 2 fully saturated rings. The molecule has 2 aliphatic rings. The summed E-state index contributed by atoms with van der Waals surface area (Å²) < 4.78 is 11.1. The van der Waals surface area contributed by atoms with Gasteiger partial charge in [-0.2, -0.15) is 0 Å². The van der Waals surface area contributed by atoms with Crippen LogP contribution in [0.25, 0.3) is 0 Å². The maximum absolute atomic E-state index is 13.6. The van der Waals surface area contributed by atoms with Crippen LogP contribution in [0.1, 0.15) is 51.6 Å². The number of amides is 2. The average molecular weight is 442 g/mol. The van der Waals surface area contributed by atoms with Crippen LogP contribution in [0.3, 0.4) is 0 Å². The van der Waals surface area contributed by atoms with Gasteiger partial charge in [-0.25, -0.2) is 4.79 Å². The second-order valence-corrected chi connectivity index (χ2v) is 9.43. The summed E-state index contributed by atoms with van der Waals surface area (Å²) in [6.45, 7) is 9.27. The van der Waals surface area contributed by atoms with Crippen LogP contribution < -0.4 is 5.32 Å². The van der Waals surface area contributed by atoms with E-state index in [1.54, 1.807) is 0 Å². The summed E-state index contributed by atoms with van der Waals surface area (Å²) in [6.07, 6.45) is 6.55. The zero-order valence-electron chi connectivity index (χ0n) is 19.4. The van der Waals surface area contributed by atoms with E-state index >= 15 is 0 Å². The number of terminal acetylenes is 1. The van der Waals surface area contributed by atoms with Gasteiger partial charge < -0.3 is 14.8 Å². The molecule has 0 bridgehead atoms. The van der Waals surface area contributed by atoms with Gasteiger partial charge in [0, 0.05) is 32.6 Å². The number of carbonyl (C=O) groups excluding carboxylic acids is 2. The molecule has 0 aromatic heterocycles. The lowest BCUT2D eigenvalue weighted by Crippen LogP contribution is -2.59. The number of hydrogen-bond acceptors (Lipinski definition) is 5. The monoisotopic (exact) mass is 441 g/mol. The van der Waals surface area contributed by atoms with Crippen molar-refractivity contribution < 1.29 is 19.1 Å². The second-order valence-electron chi connectivity index (χ2n) is 9.43. The van der Waals surface area contributed by atoms with Crippen LogP contribution in [0.2, 0.25) is 0 Å². The molecule has 0 saturated carbocycles. The fraction of sp³-hybridized carbons (Fsp3) is 0.600. The van der Waals surface area contributed by atoms with Gasteiger partial charge in [0.1, 0.15) is 11.1 Å². The molecule has 0 radical (unpaired) electrons. The van der Waals surface area contributed by atoms with Crippen LogP contribution in [0.4, 0.5) is 4.79 Å². The van der Waals surface area contributed by atoms with Crippen molar-refractivity contribution in [2.45, 2.75) is 57.2 Å². The third kappa shape index (κ3) is 5.62. The summed E-state index contributed by atoms with van der Waals surface area (Å²) in [4.78, 5) is 30.3. The van der Waals surface area contributed by atoms with Gasteiger partial charge in [-0.15, -0.1) is 12.3 Å². The Morgan fingerprint density at radius 1 is 1.22 bits per heavy atom. The molecule has 7 nitrogen and oxygen atoms in total. The molecule has 2 aliphatic heterocycles. The fourth-order valence-electron chi connectivity index (χ4n) is 4.51. The molecular formula is C25H35N3O4. The van der Waals surface area contributed by atoms with E-state index in [-0.39, 0.29) is 18.4 Å². The number of hydrogen-bond donors (Lipinski definition) is 1. The van der Waals surface area contributed by atoms with Crippen molar-refractivity contribution in [3.63, 3.8) is 0 Å². The van der Waals surface area contributed by atoms with Crippen LogP contribution in [0, 0.1) is 12.3 Å². The highest BCUT2D eigenvalue weighted by Gasteiger charge is 2.50. The van der Waals surface area contributed by atoms with Gasteiger partial charge in [0.2, 0.25) is 5.91 Å². The number of nitrogens with zero attached hydrogens (tertiary/aromatic N) is 2. The Balaban J connectivity index is 1.78.